The molecule has 1 saturated carbocycles. The van der Waals surface area contributed by atoms with Crippen LogP contribution >= 0.6 is 22.9 Å². The number of benzene rings is 1. The molecular formula is C21H24ClN5O5S2. The summed E-state index contributed by atoms with van der Waals surface area (Å²) in [7, 11) is -0.789. The Morgan fingerprint density at radius 3 is 2.76 bits per heavy atom. The summed E-state index contributed by atoms with van der Waals surface area (Å²) >= 11 is 7.16. The Bertz CT molecular complexity index is 1330. The molecule has 1 fully saturated rings. The lowest BCUT2D eigenvalue weighted by atomic mass is 10.1. The van der Waals surface area contributed by atoms with Gasteiger partial charge in [0.1, 0.15) is 5.01 Å². The number of nitrogens with zero attached hydrogens (tertiary/aromatic N) is 3. The summed E-state index contributed by atoms with van der Waals surface area (Å²) in [5.41, 5.74) is 2.17. The van der Waals surface area contributed by atoms with Gasteiger partial charge in [0.2, 0.25) is 17.1 Å². The van der Waals surface area contributed by atoms with Crippen LogP contribution in [-0.4, -0.2) is 66.8 Å². The molecule has 0 radical (unpaired) electrons. The van der Waals surface area contributed by atoms with Crippen LogP contribution in [0.15, 0.2) is 24.4 Å². The first-order valence-corrected chi connectivity index (χ1v) is 13.5. The Morgan fingerprint density at radius 1 is 1.35 bits per heavy atom. The predicted molar refractivity (Wildman–Crippen MR) is 129 cm³/mol. The lowest BCUT2D eigenvalue weighted by molar-refractivity contribution is -0.126. The molecule has 1 aliphatic carbocycles. The number of fused-ring (bicyclic) bond motifs is 1. The van der Waals surface area contributed by atoms with Crippen molar-refractivity contribution in [3.8, 4) is 11.3 Å². The maximum absolute atomic E-state index is 13.1. The van der Waals surface area contributed by atoms with Crippen LogP contribution in [0.1, 0.15) is 23.1 Å². The molecule has 3 aromatic rings. The van der Waals surface area contributed by atoms with E-state index >= 15 is 0 Å². The largest absolute Gasteiger partial charge is 0.384 e. The van der Waals surface area contributed by atoms with E-state index in [1.807, 2.05) is 12.1 Å². The zero-order valence-electron chi connectivity index (χ0n) is 18.6. The van der Waals surface area contributed by atoms with Gasteiger partial charge in [0.05, 0.1) is 41.0 Å². The average molecular weight is 526 g/mol. The Hall–Kier alpha value is -2.54. The summed E-state index contributed by atoms with van der Waals surface area (Å²) in [5.74, 6) is -1.50. The number of hydrogen-bond donors (Lipinski definition) is 2. The van der Waals surface area contributed by atoms with Crippen molar-refractivity contribution >= 4 is 54.8 Å². The summed E-state index contributed by atoms with van der Waals surface area (Å²) < 4.78 is 33.5. The van der Waals surface area contributed by atoms with Crippen molar-refractivity contribution in [3.05, 3.63) is 34.7 Å². The standard InChI is InChI=1S/C21H24ClN5O5S2/c1-27-15(10-24-21(27)22)12-3-6-14-16(9-12)33-20(26-14)18(34(30,31)8-7-32-2)19(29)23-11-17(28)25-13-4-5-13/h3,6,9-10,13,18H,4-5,7-8,11H2,1-2H3,(H,23,29)(H,25,28). The van der Waals surface area contributed by atoms with Crippen molar-refractivity contribution in [1.29, 1.82) is 0 Å². The number of ether oxygens (including phenoxy) is 1. The number of carbonyl (C=O) groups excluding carboxylic acids is 2. The lowest BCUT2D eigenvalue weighted by Crippen LogP contribution is -2.41. The third kappa shape index (κ3) is 5.40. The van der Waals surface area contributed by atoms with E-state index in [2.05, 4.69) is 20.6 Å². The van der Waals surface area contributed by atoms with Crippen molar-refractivity contribution in [2.75, 3.05) is 26.0 Å². The van der Waals surface area contributed by atoms with Crippen molar-refractivity contribution in [2.45, 2.75) is 24.1 Å². The average Bonchev–Trinajstić information content (AvgIpc) is 3.41. The van der Waals surface area contributed by atoms with E-state index in [-0.39, 0.29) is 35.9 Å². The minimum absolute atomic E-state index is 0.0649. The zero-order chi connectivity index (χ0) is 24.5. The van der Waals surface area contributed by atoms with Gasteiger partial charge in [-0.1, -0.05) is 6.07 Å². The highest BCUT2D eigenvalue weighted by molar-refractivity contribution is 7.92. The maximum Gasteiger partial charge on any atom is 0.245 e. The van der Waals surface area contributed by atoms with Crippen LogP contribution in [0.25, 0.3) is 21.5 Å². The molecular weight excluding hydrogens is 502 g/mol. The molecule has 0 bridgehead atoms. The summed E-state index contributed by atoms with van der Waals surface area (Å²) in [5, 5.41) is 4.13. The maximum atomic E-state index is 13.1. The van der Waals surface area contributed by atoms with Crippen molar-refractivity contribution in [3.63, 3.8) is 0 Å². The molecule has 0 spiro atoms. The zero-order valence-corrected chi connectivity index (χ0v) is 21.0. The van der Waals surface area contributed by atoms with Crippen molar-refractivity contribution < 1.29 is 22.7 Å². The van der Waals surface area contributed by atoms with E-state index in [1.165, 1.54) is 7.11 Å². The molecule has 1 aliphatic rings. The number of amides is 2. The van der Waals surface area contributed by atoms with Gasteiger partial charge >= 0.3 is 0 Å². The van der Waals surface area contributed by atoms with Crippen LogP contribution < -0.4 is 10.6 Å². The number of thiazole rings is 1. The first-order valence-electron chi connectivity index (χ1n) is 10.5. The van der Waals surface area contributed by atoms with Gasteiger partial charge in [-0.15, -0.1) is 11.3 Å². The van der Waals surface area contributed by atoms with Gasteiger partial charge < -0.3 is 19.9 Å². The highest BCUT2D eigenvalue weighted by Crippen LogP contribution is 2.34. The number of halogens is 1. The molecule has 1 unspecified atom stereocenters. The smallest absolute Gasteiger partial charge is 0.245 e. The first kappa shape index (κ1) is 24.6. The molecule has 13 heteroatoms. The van der Waals surface area contributed by atoms with Gasteiger partial charge in [-0.05, 0) is 36.6 Å². The fraction of sp³-hybridized carbons (Fsp3) is 0.429. The molecule has 34 heavy (non-hydrogen) atoms. The van der Waals surface area contributed by atoms with E-state index in [9.17, 15) is 18.0 Å². The van der Waals surface area contributed by atoms with E-state index in [0.29, 0.717) is 15.5 Å². The van der Waals surface area contributed by atoms with Gasteiger partial charge in [0.25, 0.3) is 0 Å². The van der Waals surface area contributed by atoms with Crippen LogP contribution in [0, 0.1) is 0 Å². The first-order chi connectivity index (χ1) is 16.2. The predicted octanol–water partition coefficient (Wildman–Crippen LogP) is 1.85. The second kappa shape index (κ2) is 9.98. The van der Waals surface area contributed by atoms with Crippen molar-refractivity contribution in [1.82, 2.24) is 25.2 Å². The Balaban J connectivity index is 1.64. The number of aromatic nitrogens is 3. The van der Waals surface area contributed by atoms with E-state index < -0.39 is 21.0 Å². The molecule has 1 aromatic carbocycles. The summed E-state index contributed by atoms with van der Waals surface area (Å²) in [6.45, 7) is -0.369. The van der Waals surface area contributed by atoms with Crippen LogP contribution in [0.2, 0.25) is 5.28 Å². The van der Waals surface area contributed by atoms with Crippen LogP contribution in [0.4, 0.5) is 0 Å². The Kier molecular flexibility index (Phi) is 7.22. The van der Waals surface area contributed by atoms with Crippen LogP contribution in [0.5, 0.6) is 0 Å². The highest BCUT2D eigenvalue weighted by Gasteiger charge is 2.37. The molecule has 2 aromatic heterocycles. The number of methoxy groups -OCH3 is 1. The summed E-state index contributed by atoms with van der Waals surface area (Å²) in [6, 6.07) is 5.57. The van der Waals surface area contributed by atoms with E-state index in [4.69, 9.17) is 16.3 Å². The van der Waals surface area contributed by atoms with Crippen molar-refractivity contribution in [2.24, 2.45) is 7.05 Å². The fourth-order valence-corrected chi connectivity index (χ4v) is 6.50. The lowest BCUT2D eigenvalue weighted by Gasteiger charge is -2.15. The Labute approximate surface area is 205 Å². The third-order valence-corrected chi connectivity index (χ3v) is 8.87. The van der Waals surface area contributed by atoms with Crippen LogP contribution in [-0.2, 0) is 31.2 Å². The van der Waals surface area contributed by atoms with Crippen LogP contribution in [0.3, 0.4) is 0 Å². The third-order valence-electron chi connectivity index (χ3n) is 5.39. The second-order valence-corrected chi connectivity index (χ2v) is 11.6. The molecule has 4 rings (SSSR count). The molecule has 0 saturated heterocycles. The summed E-state index contributed by atoms with van der Waals surface area (Å²) in [6.07, 6.45) is 3.46. The Morgan fingerprint density at radius 2 is 2.12 bits per heavy atom. The summed E-state index contributed by atoms with van der Waals surface area (Å²) in [4.78, 5) is 33.5. The van der Waals surface area contributed by atoms with Gasteiger partial charge in [-0.2, -0.15) is 0 Å². The molecule has 10 nitrogen and oxygen atoms in total. The minimum Gasteiger partial charge on any atom is -0.384 e. The number of rotatable bonds is 10. The number of sulfone groups is 1. The van der Waals surface area contributed by atoms with Gasteiger partial charge in [0, 0.05) is 25.8 Å². The molecule has 1 atom stereocenters. The fourth-order valence-electron chi connectivity index (χ4n) is 3.38. The van der Waals surface area contributed by atoms with Gasteiger partial charge in [-0.3, -0.25) is 9.59 Å². The number of imidazole rings is 1. The molecule has 2 N–H and O–H groups in total. The number of nitrogens with one attached hydrogen (secondary N) is 2. The molecule has 0 aliphatic heterocycles. The monoisotopic (exact) mass is 525 g/mol. The SMILES string of the molecule is COCCS(=O)(=O)C(C(=O)NCC(=O)NC1CC1)c1nc2ccc(-c3cnc(Cl)n3C)cc2s1. The normalized spacial score (nSPS) is 14.8. The van der Waals surface area contributed by atoms with Gasteiger partial charge in [-0.25, -0.2) is 18.4 Å². The second-order valence-electron chi connectivity index (χ2n) is 8.01. The number of hydrogen-bond acceptors (Lipinski definition) is 8. The van der Waals surface area contributed by atoms with E-state index in [0.717, 1.165) is 35.4 Å². The molecule has 2 heterocycles. The topological polar surface area (TPSA) is 132 Å². The van der Waals surface area contributed by atoms with E-state index in [1.54, 1.807) is 23.9 Å². The molecule has 2 amide bonds. The molecule has 182 valence electrons. The number of carbonyl (C=O) groups is 2. The highest BCUT2D eigenvalue weighted by atomic mass is 35.5. The van der Waals surface area contributed by atoms with Gasteiger partial charge in [0.15, 0.2) is 15.1 Å². The quantitative estimate of drug-likeness (QED) is 0.412. The minimum atomic E-state index is -3.96.